The molecule has 0 heterocycles. The van der Waals surface area contributed by atoms with Gasteiger partial charge < -0.3 is 0 Å². The second kappa shape index (κ2) is 5.00. The van der Waals surface area contributed by atoms with Gasteiger partial charge in [0.15, 0.2) is 0 Å². The molecular weight excluding hydrogens is 244 g/mol. The minimum atomic E-state index is 1.04. The second-order valence-electron chi connectivity index (χ2n) is 1.48. The van der Waals surface area contributed by atoms with Gasteiger partial charge in [-0.25, -0.2) is 0 Å². The molecule has 0 aliphatic carbocycles. The average Bonchev–Trinajstić information content (AvgIpc) is 1.82. The number of hydrogen-bond acceptors (Lipinski definition) is 0. The van der Waals surface area contributed by atoms with Crippen LogP contribution in [0.15, 0.2) is 33.8 Å². The Morgan fingerprint density at radius 2 is 2.00 bits per heavy atom. The van der Waals surface area contributed by atoms with E-state index < -0.39 is 0 Å². The van der Waals surface area contributed by atoms with Gasteiger partial charge in [0, 0.05) is 8.96 Å². The fourth-order valence-corrected chi connectivity index (χ4v) is 0.552. The van der Waals surface area contributed by atoms with E-state index in [1.807, 2.05) is 19.1 Å². The fourth-order valence-electron chi connectivity index (χ4n) is 0.267. The predicted octanol–water partition coefficient (Wildman–Crippen LogP) is 3.75. The van der Waals surface area contributed by atoms with Crippen molar-refractivity contribution in [2.75, 3.05) is 0 Å². The smallest absolute Gasteiger partial charge is 0.0273 e. The molecule has 0 atom stereocenters. The van der Waals surface area contributed by atoms with E-state index in [4.69, 9.17) is 0 Å². The highest BCUT2D eigenvalue weighted by atomic mass is 79.9. The maximum Gasteiger partial charge on any atom is 0.0273 e. The van der Waals surface area contributed by atoms with E-state index in [-0.39, 0.29) is 0 Å². The second-order valence-corrected chi connectivity index (χ2v) is 3.52. The van der Waals surface area contributed by atoms with Crippen LogP contribution in [-0.2, 0) is 0 Å². The summed E-state index contributed by atoms with van der Waals surface area (Å²) in [7, 11) is 0. The van der Waals surface area contributed by atoms with Gasteiger partial charge in [0.05, 0.1) is 0 Å². The van der Waals surface area contributed by atoms with Gasteiger partial charge in [0.25, 0.3) is 0 Å². The van der Waals surface area contributed by atoms with E-state index in [1.165, 1.54) is 0 Å². The zero-order chi connectivity index (χ0) is 7.28. The number of hydrogen-bond donors (Lipinski definition) is 0. The highest BCUT2D eigenvalue weighted by molar-refractivity contribution is 9.14. The average molecular weight is 252 g/mol. The van der Waals surface area contributed by atoms with Gasteiger partial charge in [-0.2, -0.15) is 0 Å². The van der Waals surface area contributed by atoms with Crippen LogP contribution in [0.25, 0.3) is 0 Å². The monoisotopic (exact) mass is 250 g/mol. The summed E-state index contributed by atoms with van der Waals surface area (Å²) in [6, 6.07) is 0. The molecule has 0 saturated carbocycles. The highest BCUT2D eigenvalue weighted by Gasteiger charge is 1.85. The molecule has 9 heavy (non-hydrogen) atoms. The fraction of sp³-hybridized carbons (Fsp3) is 0.143. The number of allylic oxidation sites excluding steroid dienone is 5. The first kappa shape index (κ1) is 9.18. The summed E-state index contributed by atoms with van der Waals surface area (Å²) in [6.07, 6.45) is 5.53. The largest absolute Gasteiger partial charge is 0.0991 e. The van der Waals surface area contributed by atoms with Gasteiger partial charge in [0.2, 0.25) is 0 Å². The van der Waals surface area contributed by atoms with Crippen molar-refractivity contribution in [2.24, 2.45) is 0 Å². The molecule has 0 radical (unpaired) electrons. The normalized spacial score (nSPS) is 13.7. The molecule has 0 aromatic carbocycles. The van der Waals surface area contributed by atoms with Crippen molar-refractivity contribution in [3.63, 3.8) is 0 Å². The minimum Gasteiger partial charge on any atom is -0.0991 e. The summed E-state index contributed by atoms with van der Waals surface area (Å²) >= 11 is 6.66. The molecule has 0 rings (SSSR count). The lowest BCUT2D eigenvalue weighted by Gasteiger charge is -1.87. The molecule has 0 aliphatic heterocycles. The topological polar surface area (TPSA) is 0 Å². The molecule has 0 aliphatic rings. The third kappa shape index (κ3) is 4.67. The lowest BCUT2D eigenvalue weighted by Crippen LogP contribution is -1.62. The summed E-state index contributed by atoms with van der Waals surface area (Å²) < 4.78 is 2.13. The molecule has 0 spiro atoms. The van der Waals surface area contributed by atoms with Gasteiger partial charge >= 0.3 is 0 Å². The van der Waals surface area contributed by atoms with E-state index in [2.05, 4.69) is 38.4 Å². The highest BCUT2D eigenvalue weighted by Crippen LogP contribution is 2.17. The Morgan fingerprint density at radius 3 is 2.33 bits per heavy atom. The SMILES string of the molecule is C=C/C=C\C(Br)=C(/C)Br. The van der Waals surface area contributed by atoms with Crippen LogP contribution in [0.5, 0.6) is 0 Å². The summed E-state index contributed by atoms with van der Waals surface area (Å²) in [6.45, 7) is 5.52. The van der Waals surface area contributed by atoms with Crippen molar-refractivity contribution in [1.82, 2.24) is 0 Å². The van der Waals surface area contributed by atoms with Crippen LogP contribution >= 0.6 is 31.9 Å². The first-order chi connectivity index (χ1) is 4.18. The Kier molecular flexibility index (Phi) is 5.10. The summed E-state index contributed by atoms with van der Waals surface area (Å²) in [5.74, 6) is 0. The van der Waals surface area contributed by atoms with Crippen molar-refractivity contribution in [3.05, 3.63) is 33.8 Å². The first-order valence-electron chi connectivity index (χ1n) is 2.49. The molecule has 0 saturated heterocycles. The van der Waals surface area contributed by atoms with E-state index in [9.17, 15) is 0 Å². The third-order valence-corrected chi connectivity index (χ3v) is 2.53. The molecule has 50 valence electrons. The van der Waals surface area contributed by atoms with Gasteiger partial charge in [-0.15, -0.1) is 0 Å². The molecule has 0 aromatic rings. The molecule has 0 unspecified atom stereocenters. The quantitative estimate of drug-likeness (QED) is 0.656. The summed E-state index contributed by atoms with van der Waals surface area (Å²) in [5.41, 5.74) is 0. The van der Waals surface area contributed by atoms with Crippen molar-refractivity contribution in [1.29, 1.82) is 0 Å². The molecule has 0 amide bonds. The Hall–Kier alpha value is 0.180. The van der Waals surface area contributed by atoms with E-state index in [1.54, 1.807) is 6.08 Å². The van der Waals surface area contributed by atoms with Crippen molar-refractivity contribution < 1.29 is 0 Å². The Balaban J connectivity index is 4.06. The lowest BCUT2D eigenvalue weighted by atomic mass is 10.4. The molecule has 0 nitrogen and oxygen atoms in total. The van der Waals surface area contributed by atoms with Crippen molar-refractivity contribution in [3.8, 4) is 0 Å². The van der Waals surface area contributed by atoms with Crippen LogP contribution in [0.1, 0.15) is 6.92 Å². The molecular formula is C7H8Br2. The van der Waals surface area contributed by atoms with Crippen molar-refractivity contribution >= 4 is 31.9 Å². The Labute approximate surface area is 72.6 Å². The number of halogens is 2. The van der Waals surface area contributed by atoms with E-state index >= 15 is 0 Å². The Morgan fingerprint density at radius 1 is 1.44 bits per heavy atom. The van der Waals surface area contributed by atoms with Crippen LogP contribution in [-0.4, -0.2) is 0 Å². The van der Waals surface area contributed by atoms with Gasteiger partial charge in [0.1, 0.15) is 0 Å². The summed E-state index contributed by atoms with van der Waals surface area (Å²) in [4.78, 5) is 0. The summed E-state index contributed by atoms with van der Waals surface area (Å²) in [5, 5.41) is 0. The molecule has 0 aromatic heterocycles. The predicted molar refractivity (Wildman–Crippen MR) is 49.9 cm³/mol. The van der Waals surface area contributed by atoms with Crippen molar-refractivity contribution in [2.45, 2.75) is 6.92 Å². The Bertz CT molecular complexity index is 150. The first-order valence-corrected chi connectivity index (χ1v) is 4.08. The van der Waals surface area contributed by atoms with Crippen LogP contribution < -0.4 is 0 Å². The molecule has 2 heteroatoms. The van der Waals surface area contributed by atoms with Gasteiger partial charge in [-0.1, -0.05) is 34.7 Å². The van der Waals surface area contributed by atoms with Gasteiger partial charge in [-0.05, 0) is 28.9 Å². The maximum absolute atomic E-state index is 3.55. The molecule has 0 bridgehead atoms. The molecule has 0 fully saturated rings. The zero-order valence-corrected chi connectivity index (χ0v) is 8.37. The van der Waals surface area contributed by atoms with E-state index in [0.717, 1.165) is 8.96 Å². The van der Waals surface area contributed by atoms with E-state index in [0.29, 0.717) is 0 Å². The van der Waals surface area contributed by atoms with Crippen LogP contribution in [0.4, 0.5) is 0 Å². The zero-order valence-electron chi connectivity index (χ0n) is 5.20. The minimum absolute atomic E-state index is 1.04. The van der Waals surface area contributed by atoms with Crippen LogP contribution in [0, 0.1) is 0 Å². The van der Waals surface area contributed by atoms with Gasteiger partial charge in [-0.3, -0.25) is 0 Å². The van der Waals surface area contributed by atoms with Crippen LogP contribution in [0.3, 0.4) is 0 Å². The molecule has 0 N–H and O–H groups in total. The third-order valence-electron chi connectivity index (χ3n) is 0.708. The van der Waals surface area contributed by atoms with Crippen LogP contribution in [0.2, 0.25) is 0 Å². The standard InChI is InChI=1S/C7H8Br2/c1-3-4-5-7(9)6(2)8/h3-5H,1H2,2H3/b5-4-,7-6-. The maximum atomic E-state index is 3.55. The lowest BCUT2D eigenvalue weighted by molar-refractivity contribution is 1.67. The number of rotatable bonds is 2.